The van der Waals surface area contributed by atoms with Crippen LogP contribution in [-0.2, 0) is 14.0 Å². The van der Waals surface area contributed by atoms with E-state index in [-0.39, 0.29) is 29.1 Å². The SMILES string of the molecule is CC[C@H]1O[C@@H](C(C)=O)C[C@H]1O[Si](C)(C)C(C)(C)C. The molecule has 4 heteroatoms. The van der Waals surface area contributed by atoms with Crippen LogP contribution in [0.25, 0.3) is 0 Å². The maximum atomic E-state index is 11.4. The van der Waals surface area contributed by atoms with Gasteiger partial charge >= 0.3 is 0 Å². The number of ether oxygens (including phenoxy) is 1. The Morgan fingerprint density at radius 3 is 2.33 bits per heavy atom. The summed E-state index contributed by atoms with van der Waals surface area (Å²) in [6.07, 6.45) is 1.53. The Balaban J connectivity index is 2.74. The highest BCUT2D eigenvalue weighted by Gasteiger charge is 2.44. The van der Waals surface area contributed by atoms with Crippen LogP contribution in [0.3, 0.4) is 0 Å². The van der Waals surface area contributed by atoms with Crippen molar-refractivity contribution >= 4 is 14.1 Å². The summed E-state index contributed by atoms with van der Waals surface area (Å²) >= 11 is 0. The van der Waals surface area contributed by atoms with Crippen LogP contribution in [0.4, 0.5) is 0 Å². The fourth-order valence-corrected chi connectivity index (χ4v) is 3.38. The van der Waals surface area contributed by atoms with E-state index in [1.165, 1.54) is 0 Å². The van der Waals surface area contributed by atoms with Gasteiger partial charge in [0.25, 0.3) is 0 Å². The minimum atomic E-state index is -1.78. The lowest BCUT2D eigenvalue weighted by atomic mass is 10.1. The predicted molar refractivity (Wildman–Crippen MR) is 76.3 cm³/mol. The summed E-state index contributed by atoms with van der Waals surface area (Å²) in [7, 11) is -1.78. The second kappa shape index (κ2) is 5.43. The van der Waals surface area contributed by atoms with E-state index in [1.807, 2.05) is 0 Å². The van der Waals surface area contributed by atoms with Crippen LogP contribution in [0.15, 0.2) is 0 Å². The molecule has 3 atom stereocenters. The van der Waals surface area contributed by atoms with Crippen molar-refractivity contribution in [3.05, 3.63) is 0 Å². The van der Waals surface area contributed by atoms with Gasteiger partial charge in [-0.05, 0) is 31.5 Å². The quantitative estimate of drug-likeness (QED) is 0.734. The molecule has 1 aliphatic rings. The van der Waals surface area contributed by atoms with E-state index in [1.54, 1.807) is 6.92 Å². The first-order chi connectivity index (χ1) is 8.08. The summed E-state index contributed by atoms with van der Waals surface area (Å²) in [4.78, 5) is 11.4. The lowest BCUT2D eigenvalue weighted by Gasteiger charge is -2.39. The molecule has 0 unspecified atom stereocenters. The van der Waals surface area contributed by atoms with Crippen LogP contribution in [0.5, 0.6) is 0 Å². The van der Waals surface area contributed by atoms with E-state index in [9.17, 15) is 4.79 Å². The summed E-state index contributed by atoms with van der Waals surface area (Å²) in [6.45, 7) is 14.9. The van der Waals surface area contributed by atoms with Gasteiger partial charge in [-0.25, -0.2) is 0 Å². The number of carbonyl (C=O) groups is 1. The van der Waals surface area contributed by atoms with E-state index < -0.39 is 8.32 Å². The van der Waals surface area contributed by atoms with E-state index in [0.29, 0.717) is 0 Å². The van der Waals surface area contributed by atoms with Gasteiger partial charge in [0.1, 0.15) is 6.10 Å². The average molecular weight is 272 g/mol. The molecule has 0 spiro atoms. The number of ketones is 1. The van der Waals surface area contributed by atoms with Gasteiger partial charge in [-0.1, -0.05) is 27.7 Å². The highest BCUT2D eigenvalue weighted by molar-refractivity contribution is 6.74. The Morgan fingerprint density at radius 2 is 1.94 bits per heavy atom. The van der Waals surface area contributed by atoms with E-state index in [0.717, 1.165) is 12.8 Å². The van der Waals surface area contributed by atoms with Gasteiger partial charge in [0.15, 0.2) is 14.1 Å². The number of rotatable bonds is 4. The van der Waals surface area contributed by atoms with Crippen molar-refractivity contribution in [2.75, 3.05) is 0 Å². The predicted octanol–water partition coefficient (Wildman–Crippen LogP) is 3.53. The summed E-state index contributed by atoms with van der Waals surface area (Å²) in [5.41, 5.74) is 0. The third-order valence-electron chi connectivity index (χ3n) is 4.31. The van der Waals surface area contributed by atoms with Gasteiger partial charge in [-0.3, -0.25) is 4.79 Å². The molecule has 1 saturated heterocycles. The summed E-state index contributed by atoms with van der Waals surface area (Å²) in [6, 6.07) is 0. The highest BCUT2D eigenvalue weighted by Crippen LogP contribution is 2.40. The van der Waals surface area contributed by atoms with Gasteiger partial charge in [0.2, 0.25) is 0 Å². The topological polar surface area (TPSA) is 35.5 Å². The third kappa shape index (κ3) is 3.43. The van der Waals surface area contributed by atoms with E-state index in [4.69, 9.17) is 9.16 Å². The summed E-state index contributed by atoms with van der Waals surface area (Å²) in [5.74, 6) is 0.120. The second-order valence-corrected chi connectivity index (χ2v) is 11.6. The number of Topliss-reactive ketones (excluding diaryl/α,β-unsaturated/α-hetero) is 1. The van der Waals surface area contributed by atoms with Crippen molar-refractivity contribution < 1.29 is 14.0 Å². The standard InChI is InChI=1S/C14H28O3Si/c1-8-11-13(9-12(16-11)10(2)15)17-18(6,7)14(3,4)5/h11-13H,8-9H2,1-7H3/t11-,12-,13-/m1/s1. The van der Waals surface area contributed by atoms with Gasteiger partial charge in [0.05, 0.1) is 12.2 Å². The molecule has 18 heavy (non-hydrogen) atoms. The zero-order valence-corrected chi connectivity index (χ0v) is 13.9. The van der Waals surface area contributed by atoms with Crippen molar-refractivity contribution in [2.24, 2.45) is 0 Å². The van der Waals surface area contributed by atoms with Crippen molar-refractivity contribution in [3.8, 4) is 0 Å². The van der Waals surface area contributed by atoms with Crippen LogP contribution in [0, 0.1) is 0 Å². The van der Waals surface area contributed by atoms with Crippen molar-refractivity contribution in [1.82, 2.24) is 0 Å². The van der Waals surface area contributed by atoms with Crippen LogP contribution in [-0.4, -0.2) is 32.4 Å². The molecule has 0 bridgehead atoms. The smallest absolute Gasteiger partial charge is 0.192 e. The first-order valence-electron chi connectivity index (χ1n) is 6.92. The first-order valence-corrected chi connectivity index (χ1v) is 9.83. The molecular formula is C14H28O3Si. The van der Waals surface area contributed by atoms with Crippen LogP contribution in [0.2, 0.25) is 18.1 Å². The van der Waals surface area contributed by atoms with Crippen molar-refractivity contribution in [3.63, 3.8) is 0 Å². The molecule has 0 aromatic rings. The average Bonchev–Trinajstić information content (AvgIpc) is 2.58. The molecule has 0 aliphatic carbocycles. The highest BCUT2D eigenvalue weighted by atomic mass is 28.4. The Bertz CT molecular complexity index is 307. The lowest BCUT2D eigenvalue weighted by Crippen LogP contribution is -2.45. The van der Waals surface area contributed by atoms with Crippen molar-refractivity contribution in [2.45, 2.75) is 83.9 Å². The summed E-state index contributed by atoms with van der Waals surface area (Å²) < 4.78 is 12.2. The fraction of sp³-hybridized carbons (Fsp3) is 0.929. The Morgan fingerprint density at radius 1 is 1.39 bits per heavy atom. The van der Waals surface area contributed by atoms with E-state index in [2.05, 4.69) is 40.8 Å². The monoisotopic (exact) mass is 272 g/mol. The molecule has 0 aromatic carbocycles. The van der Waals surface area contributed by atoms with Crippen molar-refractivity contribution in [1.29, 1.82) is 0 Å². The molecule has 1 fully saturated rings. The van der Waals surface area contributed by atoms with Gasteiger partial charge in [0, 0.05) is 6.42 Å². The minimum Gasteiger partial charge on any atom is -0.411 e. The fourth-order valence-electron chi connectivity index (χ4n) is 2.02. The van der Waals surface area contributed by atoms with Gasteiger partial charge in [-0.15, -0.1) is 0 Å². The summed E-state index contributed by atoms with van der Waals surface area (Å²) in [5, 5.41) is 0.194. The molecule has 1 heterocycles. The largest absolute Gasteiger partial charge is 0.411 e. The molecule has 0 aromatic heterocycles. The van der Waals surface area contributed by atoms with Crippen LogP contribution in [0.1, 0.15) is 47.5 Å². The Labute approximate surface area is 112 Å². The maximum absolute atomic E-state index is 11.4. The van der Waals surface area contributed by atoms with Crippen LogP contribution >= 0.6 is 0 Å². The molecule has 106 valence electrons. The molecule has 0 radical (unpaired) electrons. The number of hydrogen-bond donors (Lipinski definition) is 0. The normalized spacial score (nSPS) is 29.6. The number of carbonyl (C=O) groups excluding carboxylic acids is 1. The zero-order chi connectivity index (χ0) is 14.1. The Hall–Kier alpha value is -0.193. The Kier molecular flexibility index (Phi) is 4.79. The second-order valence-electron chi connectivity index (χ2n) is 6.83. The molecule has 0 amide bonds. The van der Waals surface area contributed by atoms with Crippen LogP contribution < -0.4 is 0 Å². The number of hydrogen-bond acceptors (Lipinski definition) is 3. The molecular weight excluding hydrogens is 244 g/mol. The minimum absolute atomic E-state index is 0.0769. The third-order valence-corrected chi connectivity index (χ3v) is 8.81. The van der Waals surface area contributed by atoms with Gasteiger partial charge < -0.3 is 9.16 Å². The van der Waals surface area contributed by atoms with Gasteiger partial charge in [-0.2, -0.15) is 0 Å². The molecule has 3 nitrogen and oxygen atoms in total. The molecule has 1 aliphatic heterocycles. The lowest BCUT2D eigenvalue weighted by molar-refractivity contribution is -0.127. The molecule has 0 saturated carbocycles. The maximum Gasteiger partial charge on any atom is 0.192 e. The first kappa shape index (κ1) is 15.9. The molecule has 0 N–H and O–H groups in total. The van der Waals surface area contributed by atoms with E-state index >= 15 is 0 Å². The molecule has 1 rings (SSSR count). The zero-order valence-electron chi connectivity index (χ0n) is 12.9.